The second-order valence-electron chi connectivity index (χ2n) is 3.06. The van der Waals surface area contributed by atoms with E-state index >= 15 is 0 Å². The molecule has 0 amide bonds. The van der Waals surface area contributed by atoms with E-state index in [0.29, 0.717) is 0 Å². The van der Waals surface area contributed by atoms with Gasteiger partial charge in [-0.3, -0.25) is 4.79 Å². The lowest BCUT2D eigenvalue weighted by Crippen LogP contribution is -2.06. The van der Waals surface area contributed by atoms with E-state index in [1.165, 1.54) is 19.1 Å². The number of carbonyl (C=O) groups is 1. The molecule has 0 heterocycles. The Hall–Kier alpha value is -1.29. The molecular weight excluding hydrogens is 190 g/mol. The van der Waals surface area contributed by atoms with Crippen LogP contribution in [0, 0.1) is 11.6 Å². The van der Waals surface area contributed by atoms with Gasteiger partial charge in [-0.2, -0.15) is 0 Å². The topological polar surface area (TPSA) is 37.3 Å². The van der Waals surface area contributed by atoms with Crippen LogP contribution in [0.25, 0.3) is 0 Å². The van der Waals surface area contributed by atoms with Gasteiger partial charge in [-0.05, 0) is 13.0 Å². The molecule has 0 bridgehead atoms. The van der Waals surface area contributed by atoms with Gasteiger partial charge in [0.15, 0.2) is 11.6 Å². The van der Waals surface area contributed by atoms with Crippen molar-refractivity contribution in [2.45, 2.75) is 19.4 Å². The lowest BCUT2D eigenvalue weighted by Gasteiger charge is -2.09. The molecule has 0 aliphatic rings. The number of ketones is 1. The lowest BCUT2D eigenvalue weighted by atomic mass is 10.0. The van der Waals surface area contributed by atoms with Gasteiger partial charge in [-0.15, -0.1) is 0 Å². The summed E-state index contributed by atoms with van der Waals surface area (Å²) in [6.45, 7) is 1.28. The molecule has 1 rings (SSSR count). The predicted octanol–water partition coefficient (Wildman–Crippen LogP) is 1.98. The molecule has 1 aromatic rings. The summed E-state index contributed by atoms with van der Waals surface area (Å²) in [6.07, 6.45) is -1.48. The average molecular weight is 200 g/mol. The van der Waals surface area contributed by atoms with Crippen LogP contribution in [0.1, 0.15) is 25.0 Å². The highest BCUT2D eigenvalue weighted by Gasteiger charge is 2.16. The van der Waals surface area contributed by atoms with Gasteiger partial charge in [-0.25, -0.2) is 8.78 Å². The van der Waals surface area contributed by atoms with Crippen LogP contribution >= 0.6 is 0 Å². The van der Waals surface area contributed by atoms with Crippen molar-refractivity contribution in [3.63, 3.8) is 0 Å². The summed E-state index contributed by atoms with van der Waals surface area (Å²) in [5, 5.41) is 9.37. The molecule has 1 N–H and O–H groups in total. The maximum Gasteiger partial charge on any atom is 0.164 e. The first-order chi connectivity index (χ1) is 6.52. The molecule has 2 nitrogen and oxygen atoms in total. The first kappa shape index (κ1) is 10.8. The van der Waals surface area contributed by atoms with Crippen molar-refractivity contribution in [2.24, 2.45) is 0 Å². The van der Waals surface area contributed by atoms with Gasteiger partial charge in [0.25, 0.3) is 0 Å². The number of carbonyl (C=O) groups excluding carboxylic acids is 1. The third-order valence-electron chi connectivity index (χ3n) is 1.82. The van der Waals surface area contributed by atoms with Crippen molar-refractivity contribution in [2.75, 3.05) is 0 Å². The third-order valence-corrected chi connectivity index (χ3v) is 1.82. The highest BCUT2D eigenvalue weighted by atomic mass is 19.2. The van der Waals surface area contributed by atoms with E-state index in [1.807, 2.05) is 0 Å². The monoisotopic (exact) mass is 200 g/mol. The van der Waals surface area contributed by atoms with Crippen LogP contribution in [0.3, 0.4) is 0 Å². The number of halogens is 2. The SMILES string of the molecule is CC(=O)C[C@@H](O)c1cccc(F)c1F. The Morgan fingerprint density at radius 2 is 2.14 bits per heavy atom. The fraction of sp³-hybridized carbons (Fsp3) is 0.300. The Morgan fingerprint density at radius 1 is 1.50 bits per heavy atom. The lowest BCUT2D eigenvalue weighted by molar-refractivity contribution is -0.118. The quantitative estimate of drug-likeness (QED) is 0.809. The summed E-state index contributed by atoms with van der Waals surface area (Å²) in [6, 6.07) is 3.50. The van der Waals surface area contributed by atoms with Gasteiger partial charge in [0.05, 0.1) is 6.10 Å². The molecule has 0 spiro atoms. The van der Waals surface area contributed by atoms with E-state index in [0.717, 1.165) is 6.07 Å². The molecular formula is C10H10F2O2. The minimum absolute atomic E-state index is 0.180. The van der Waals surface area contributed by atoms with Gasteiger partial charge in [-0.1, -0.05) is 12.1 Å². The van der Waals surface area contributed by atoms with Gasteiger partial charge in [0.2, 0.25) is 0 Å². The summed E-state index contributed by atoms with van der Waals surface area (Å²) in [4.78, 5) is 10.6. The summed E-state index contributed by atoms with van der Waals surface area (Å²) >= 11 is 0. The number of aliphatic hydroxyl groups is 1. The molecule has 1 atom stereocenters. The summed E-state index contributed by atoms with van der Waals surface area (Å²) in [7, 11) is 0. The zero-order valence-corrected chi connectivity index (χ0v) is 7.63. The highest BCUT2D eigenvalue weighted by Crippen LogP contribution is 2.21. The summed E-state index contributed by atoms with van der Waals surface area (Å²) in [5.74, 6) is -2.40. The van der Waals surface area contributed by atoms with Crippen LogP contribution < -0.4 is 0 Å². The number of rotatable bonds is 3. The maximum absolute atomic E-state index is 13.1. The Kier molecular flexibility index (Phi) is 3.30. The number of hydrogen-bond donors (Lipinski definition) is 1. The fourth-order valence-corrected chi connectivity index (χ4v) is 1.16. The van der Waals surface area contributed by atoms with E-state index < -0.39 is 17.7 Å². The molecule has 0 saturated carbocycles. The number of hydrogen-bond acceptors (Lipinski definition) is 2. The number of Topliss-reactive ketones (excluding diaryl/α,β-unsaturated/α-hetero) is 1. The van der Waals surface area contributed by atoms with E-state index in [2.05, 4.69) is 0 Å². The van der Waals surface area contributed by atoms with Crippen molar-refractivity contribution < 1.29 is 18.7 Å². The fourth-order valence-electron chi connectivity index (χ4n) is 1.16. The standard InChI is InChI=1S/C10H10F2O2/c1-6(13)5-9(14)7-3-2-4-8(11)10(7)12/h2-4,9,14H,5H2,1H3/t9-/m1/s1. The molecule has 4 heteroatoms. The van der Waals surface area contributed by atoms with Gasteiger partial charge in [0, 0.05) is 12.0 Å². The largest absolute Gasteiger partial charge is 0.388 e. The molecule has 0 radical (unpaired) electrons. The van der Waals surface area contributed by atoms with Crippen LogP contribution in [0.2, 0.25) is 0 Å². The Labute approximate surface area is 80.2 Å². The van der Waals surface area contributed by atoms with Crippen molar-refractivity contribution in [3.05, 3.63) is 35.4 Å². The van der Waals surface area contributed by atoms with Crippen LogP contribution in [0.5, 0.6) is 0 Å². The zero-order valence-electron chi connectivity index (χ0n) is 7.63. The first-order valence-electron chi connectivity index (χ1n) is 4.13. The molecule has 0 saturated heterocycles. The minimum atomic E-state index is -1.27. The first-order valence-corrected chi connectivity index (χ1v) is 4.13. The Balaban J connectivity index is 2.95. The number of aliphatic hydroxyl groups excluding tert-OH is 1. The van der Waals surface area contributed by atoms with E-state index in [4.69, 9.17) is 0 Å². The normalized spacial score (nSPS) is 12.6. The average Bonchev–Trinajstić information content (AvgIpc) is 2.08. The van der Waals surface area contributed by atoms with Crippen molar-refractivity contribution >= 4 is 5.78 Å². The molecule has 76 valence electrons. The predicted molar refractivity (Wildman–Crippen MR) is 46.6 cm³/mol. The van der Waals surface area contributed by atoms with Crippen molar-refractivity contribution in [1.29, 1.82) is 0 Å². The molecule has 0 aliphatic carbocycles. The van der Waals surface area contributed by atoms with Crippen LogP contribution in [-0.4, -0.2) is 10.9 Å². The molecule has 0 fully saturated rings. The van der Waals surface area contributed by atoms with E-state index in [1.54, 1.807) is 0 Å². The molecule has 0 unspecified atom stereocenters. The minimum Gasteiger partial charge on any atom is -0.388 e. The number of benzene rings is 1. The van der Waals surface area contributed by atoms with Crippen LogP contribution in [-0.2, 0) is 4.79 Å². The molecule has 1 aromatic carbocycles. The van der Waals surface area contributed by atoms with E-state index in [9.17, 15) is 18.7 Å². The van der Waals surface area contributed by atoms with Crippen molar-refractivity contribution in [3.8, 4) is 0 Å². The van der Waals surface area contributed by atoms with Gasteiger partial charge < -0.3 is 5.11 Å². The Morgan fingerprint density at radius 3 is 2.71 bits per heavy atom. The zero-order chi connectivity index (χ0) is 10.7. The van der Waals surface area contributed by atoms with Crippen LogP contribution in [0.15, 0.2) is 18.2 Å². The van der Waals surface area contributed by atoms with Gasteiger partial charge >= 0.3 is 0 Å². The summed E-state index contributed by atoms with van der Waals surface area (Å²) < 4.78 is 25.8. The van der Waals surface area contributed by atoms with Gasteiger partial charge in [0.1, 0.15) is 5.78 Å². The maximum atomic E-state index is 13.1. The molecule has 0 aliphatic heterocycles. The van der Waals surface area contributed by atoms with Crippen LogP contribution in [0.4, 0.5) is 8.78 Å². The summed E-state index contributed by atoms with van der Waals surface area (Å²) in [5.41, 5.74) is -0.180. The van der Waals surface area contributed by atoms with E-state index in [-0.39, 0.29) is 17.8 Å². The second kappa shape index (κ2) is 4.28. The third kappa shape index (κ3) is 2.35. The smallest absolute Gasteiger partial charge is 0.164 e. The molecule has 0 aromatic heterocycles. The second-order valence-corrected chi connectivity index (χ2v) is 3.06. The highest BCUT2D eigenvalue weighted by molar-refractivity contribution is 5.76. The Bertz CT molecular complexity index is 350. The van der Waals surface area contributed by atoms with Crippen molar-refractivity contribution in [1.82, 2.24) is 0 Å². The molecule has 14 heavy (non-hydrogen) atoms.